The quantitative estimate of drug-likeness (QED) is 0.377. The Kier molecular flexibility index (Phi) is 4.89. The van der Waals surface area contributed by atoms with Gasteiger partial charge in [-0.25, -0.2) is 14.6 Å². The van der Waals surface area contributed by atoms with E-state index in [1.165, 1.54) is 6.07 Å². The van der Waals surface area contributed by atoms with Crippen molar-refractivity contribution in [2.24, 2.45) is 11.8 Å². The van der Waals surface area contributed by atoms with Gasteiger partial charge < -0.3 is 0 Å². The van der Waals surface area contributed by atoms with Crippen LogP contribution in [0.2, 0.25) is 0 Å². The first kappa shape index (κ1) is 13.9. The maximum atomic E-state index is 13.0. The number of amides is 1. The lowest BCUT2D eigenvalue weighted by Gasteiger charge is -2.18. The molecule has 6 heteroatoms. The van der Waals surface area contributed by atoms with Crippen molar-refractivity contribution in [2.75, 3.05) is 0 Å². The van der Waals surface area contributed by atoms with Crippen molar-refractivity contribution in [3.8, 4) is 0 Å². The fourth-order valence-corrected chi connectivity index (χ4v) is 2.33. The summed E-state index contributed by atoms with van der Waals surface area (Å²) in [5, 5.41) is -0.440. The first-order chi connectivity index (χ1) is 7.95. The van der Waals surface area contributed by atoms with Gasteiger partial charge in [0.15, 0.2) is 11.6 Å². The van der Waals surface area contributed by atoms with E-state index in [9.17, 15) is 13.6 Å². The van der Waals surface area contributed by atoms with E-state index >= 15 is 0 Å². The monoisotopic (exact) mass is 260 g/mol. The minimum absolute atomic E-state index is 0.0247. The van der Waals surface area contributed by atoms with Crippen LogP contribution in [0.5, 0.6) is 0 Å². The van der Waals surface area contributed by atoms with Crippen LogP contribution < -0.4 is 11.3 Å². The second-order valence-corrected chi connectivity index (χ2v) is 5.08. The van der Waals surface area contributed by atoms with E-state index in [0.717, 1.165) is 23.9 Å². The zero-order chi connectivity index (χ0) is 13.0. The molecule has 0 radical (unpaired) electrons. The van der Waals surface area contributed by atoms with Gasteiger partial charge in [0.1, 0.15) is 0 Å². The van der Waals surface area contributed by atoms with E-state index in [4.69, 9.17) is 5.84 Å². The molecule has 3 N–H and O–H groups in total. The molecule has 1 aromatic carbocycles. The lowest BCUT2D eigenvalue weighted by molar-refractivity contribution is -0.121. The fourth-order valence-electron chi connectivity index (χ4n) is 1.27. The van der Waals surface area contributed by atoms with Crippen molar-refractivity contribution < 1.29 is 13.6 Å². The molecule has 0 aliphatic heterocycles. The van der Waals surface area contributed by atoms with Gasteiger partial charge in [0.05, 0.1) is 5.25 Å². The minimum Gasteiger partial charge on any atom is -0.293 e. The Balaban J connectivity index is 2.86. The van der Waals surface area contributed by atoms with Gasteiger partial charge in [-0.05, 0) is 24.1 Å². The van der Waals surface area contributed by atoms with Gasteiger partial charge in [-0.1, -0.05) is 13.8 Å². The molecule has 0 aliphatic rings. The zero-order valence-electron chi connectivity index (χ0n) is 9.54. The molecule has 0 saturated carbocycles. The Bertz CT molecular complexity index is 412. The number of hydrogen-bond acceptors (Lipinski definition) is 3. The molecule has 1 rings (SSSR count). The predicted octanol–water partition coefficient (Wildman–Crippen LogP) is 2.07. The standard InChI is InChI=1S/C11H14F2N2OS/c1-6(2)10(11(16)15-14)17-7-3-4-8(12)9(13)5-7/h3-6,10H,14H2,1-2H3,(H,15,16). The van der Waals surface area contributed by atoms with Gasteiger partial charge in [0.25, 0.3) is 0 Å². The third-order valence-electron chi connectivity index (χ3n) is 2.16. The molecule has 1 unspecified atom stereocenters. The fraction of sp³-hybridized carbons (Fsp3) is 0.364. The highest BCUT2D eigenvalue weighted by Crippen LogP contribution is 2.29. The number of hydrazine groups is 1. The molecule has 17 heavy (non-hydrogen) atoms. The van der Waals surface area contributed by atoms with Gasteiger partial charge in [0.2, 0.25) is 5.91 Å². The Morgan fingerprint density at radius 2 is 2.00 bits per heavy atom. The highest BCUT2D eigenvalue weighted by Gasteiger charge is 2.23. The van der Waals surface area contributed by atoms with Crippen LogP contribution in [0.1, 0.15) is 13.8 Å². The molecule has 1 amide bonds. The van der Waals surface area contributed by atoms with Gasteiger partial charge in [-0.3, -0.25) is 10.2 Å². The number of rotatable bonds is 4. The summed E-state index contributed by atoms with van der Waals surface area (Å²) in [6.45, 7) is 3.71. The number of carbonyl (C=O) groups is 1. The second kappa shape index (κ2) is 5.97. The summed E-state index contributed by atoms with van der Waals surface area (Å²) in [5.74, 6) is 2.93. The maximum absolute atomic E-state index is 13.0. The van der Waals surface area contributed by atoms with Gasteiger partial charge in [-0.2, -0.15) is 0 Å². The van der Waals surface area contributed by atoms with E-state index in [-0.39, 0.29) is 11.8 Å². The third-order valence-corrected chi connectivity index (χ3v) is 3.70. The number of benzene rings is 1. The van der Waals surface area contributed by atoms with E-state index in [0.29, 0.717) is 4.90 Å². The van der Waals surface area contributed by atoms with Crippen molar-refractivity contribution in [3.63, 3.8) is 0 Å². The molecule has 0 fully saturated rings. The maximum Gasteiger partial charge on any atom is 0.247 e. The van der Waals surface area contributed by atoms with E-state index in [1.807, 2.05) is 13.8 Å². The van der Waals surface area contributed by atoms with Gasteiger partial charge in [-0.15, -0.1) is 11.8 Å². The molecule has 0 spiro atoms. The molecule has 0 aromatic heterocycles. The molecular formula is C11H14F2N2OS. The van der Waals surface area contributed by atoms with Crippen LogP contribution in [0, 0.1) is 17.6 Å². The molecule has 94 valence electrons. The van der Waals surface area contributed by atoms with Crippen molar-refractivity contribution >= 4 is 17.7 Å². The summed E-state index contributed by atoms with van der Waals surface area (Å²) in [6, 6.07) is 3.54. The number of carbonyl (C=O) groups excluding carboxylic acids is 1. The van der Waals surface area contributed by atoms with Crippen LogP contribution in [0.4, 0.5) is 8.78 Å². The van der Waals surface area contributed by atoms with E-state index in [2.05, 4.69) is 5.43 Å². The summed E-state index contributed by atoms with van der Waals surface area (Å²) in [7, 11) is 0. The number of hydrogen-bond donors (Lipinski definition) is 2. The first-order valence-corrected chi connectivity index (χ1v) is 5.95. The molecule has 0 saturated heterocycles. The van der Waals surface area contributed by atoms with E-state index in [1.54, 1.807) is 0 Å². The predicted molar refractivity (Wildman–Crippen MR) is 63.2 cm³/mol. The molecule has 1 aromatic rings. The van der Waals surface area contributed by atoms with Crippen LogP contribution in [0.15, 0.2) is 23.1 Å². The molecule has 3 nitrogen and oxygen atoms in total. The number of nitrogens with one attached hydrogen (secondary N) is 1. The number of halogens is 2. The number of nitrogens with two attached hydrogens (primary N) is 1. The smallest absolute Gasteiger partial charge is 0.247 e. The average molecular weight is 260 g/mol. The van der Waals surface area contributed by atoms with Crippen LogP contribution >= 0.6 is 11.8 Å². The van der Waals surface area contributed by atoms with Crippen LogP contribution in [-0.4, -0.2) is 11.2 Å². The molecule has 0 heterocycles. The largest absolute Gasteiger partial charge is 0.293 e. The second-order valence-electron chi connectivity index (χ2n) is 3.87. The zero-order valence-corrected chi connectivity index (χ0v) is 10.4. The van der Waals surface area contributed by atoms with Crippen molar-refractivity contribution in [2.45, 2.75) is 24.0 Å². The topological polar surface area (TPSA) is 55.1 Å². The Morgan fingerprint density at radius 3 is 2.47 bits per heavy atom. The SMILES string of the molecule is CC(C)C(Sc1ccc(F)c(F)c1)C(=O)NN. The molecule has 0 aliphatic carbocycles. The summed E-state index contributed by atoms with van der Waals surface area (Å²) >= 11 is 1.15. The summed E-state index contributed by atoms with van der Waals surface area (Å²) in [4.78, 5) is 12.0. The van der Waals surface area contributed by atoms with Gasteiger partial charge in [0, 0.05) is 4.90 Å². The third kappa shape index (κ3) is 3.67. The van der Waals surface area contributed by atoms with E-state index < -0.39 is 16.9 Å². The van der Waals surface area contributed by atoms with Crippen molar-refractivity contribution in [1.82, 2.24) is 5.43 Å². The Morgan fingerprint density at radius 1 is 1.35 bits per heavy atom. The highest BCUT2D eigenvalue weighted by molar-refractivity contribution is 8.00. The Labute approximate surface area is 103 Å². The van der Waals surface area contributed by atoms with Crippen molar-refractivity contribution in [3.05, 3.63) is 29.8 Å². The normalized spacial score (nSPS) is 12.6. The molecule has 1 atom stereocenters. The molecule has 0 bridgehead atoms. The summed E-state index contributed by atoms with van der Waals surface area (Å²) in [5.41, 5.74) is 2.07. The highest BCUT2D eigenvalue weighted by atomic mass is 32.2. The summed E-state index contributed by atoms with van der Waals surface area (Å²) < 4.78 is 25.7. The van der Waals surface area contributed by atoms with Crippen LogP contribution in [0.3, 0.4) is 0 Å². The van der Waals surface area contributed by atoms with Crippen LogP contribution in [-0.2, 0) is 4.79 Å². The lowest BCUT2D eigenvalue weighted by atomic mass is 10.1. The molecular weight excluding hydrogens is 246 g/mol. The van der Waals surface area contributed by atoms with Gasteiger partial charge >= 0.3 is 0 Å². The summed E-state index contributed by atoms with van der Waals surface area (Å²) in [6.07, 6.45) is 0. The van der Waals surface area contributed by atoms with Crippen LogP contribution in [0.25, 0.3) is 0 Å². The minimum atomic E-state index is -0.925. The van der Waals surface area contributed by atoms with Crippen molar-refractivity contribution in [1.29, 1.82) is 0 Å². The Hall–Kier alpha value is -1.14. The number of thioether (sulfide) groups is 1. The first-order valence-electron chi connectivity index (χ1n) is 5.08. The average Bonchev–Trinajstić information content (AvgIpc) is 2.29. The lowest BCUT2D eigenvalue weighted by Crippen LogP contribution is -2.39.